The fourth-order valence-electron chi connectivity index (χ4n) is 1.66. The minimum atomic E-state index is -0.285. The predicted octanol–water partition coefficient (Wildman–Crippen LogP) is 4.32. The van der Waals surface area contributed by atoms with Gasteiger partial charge in [0.1, 0.15) is 5.82 Å². The maximum absolute atomic E-state index is 12.9. The van der Waals surface area contributed by atoms with Crippen molar-refractivity contribution < 1.29 is 4.39 Å². The largest absolute Gasteiger partial charge is 0.398 e. The molecule has 0 spiro atoms. The molecule has 0 aliphatic heterocycles. The first-order valence-electron chi connectivity index (χ1n) is 5.80. The molecule has 0 saturated heterocycles. The van der Waals surface area contributed by atoms with Crippen LogP contribution in [0, 0.1) is 19.7 Å². The molecule has 0 saturated carbocycles. The molecule has 2 rings (SSSR count). The Labute approximate surface area is 111 Å². The summed E-state index contributed by atoms with van der Waals surface area (Å²) in [6.45, 7) is 4.20. The van der Waals surface area contributed by atoms with Gasteiger partial charge < -0.3 is 5.73 Å². The van der Waals surface area contributed by atoms with E-state index in [2.05, 4.69) is 32.0 Å². The molecular formula is C15H16FNS. The molecule has 0 atom stereocenters. The minimum Gasteiger partial charge on any atom is -0.398 e. The van der Waals surface area contributed by atoms with Crippen LogP contribution >= 0.6 is 11.8 Å². The molecule has 0 heterocycles. The van der Waals surface area contributed by atoms with Crippen LogP contribution in [-0.4, -0.2) is 0 Å². The average Bonchev–Trinajstić information content (AvgIpc) is 2.32. The van der Waals surface area contributed by atoms with E-state index in [4.69, 9.17) is 5.73 Å². The second-order valence-electron chi connectivity index (χ2n) is 4.38. The zero-order valence-corrected chi connectivity index (χ0v) is 11.4. The van der Waals surface area contributed by atoms with Crippen LogP contribution in [0.5, 0.6) is 0 Å². The summed E-state index contributed by atoms with van der Waals surface area (Å²) < 4.78 is 12.9. The number of benzene rings is 2. The van der Waals surface area contributed by atoms with E-state index in [9.17, 15) is 4.39 Å². The Hall–Kier alpha value is -1.48. The van der Waals surface area contributed by atoms with E-state index in [0.29, 0.717) is 5.69 Å². The molecule has 2 aromatic rings. The fraction of sp³-hybridized carbons (Fsp3) is 0.200. The zero-order chi connectivity index (χ0) is 13.1. The van der Waals surface area contributed by atoms with Crippen molar-refractivity contribution in [3.8, 4) is 0 Å². The van der Waals surface area contributed by atoms with Crippen LogP contribution < -0.4 is 5.73 Å². The van der Waals surface area contributed by atoms with Crippen molar-refractivity contribution in [3.63, 3.8) is 0 Å². The third-order valence-corrected chi connectivity index (χ3v) is 4.02. The molecule has 0 aliphatic carbocycles. The Morgan fingerprint density at radius 1 is 1.06 bits per heavy atom. The molecule has 2 N–H and O–H groups in total. The number of halogens is 1. The third-order valence-electron chi connectivity index (χ3n) is 2.98. The smallest absolute Gasteiger partial charge is 0.125 e. The van der Waals surface area contributed by atoms with Gasteiger partial charge in [-0.2, -0.15) is 0 Å². The van der Waals surface area contributed by atoms with Crippen molar-refractivity contribution in [1.29, 1.82) is 0 Å². The summed E-state index contributed by atoms with van der Waals surface area (Å²) in [5, 5.41) is 0. The van der Waals surface area contributed by atoms with Crippen LogP contribution in [0.4, 0.5) is 10.1 Å². The molecule has 0 aromatic heterocycles. The summed E-state index contributed by atoms with van der Waals surface area (Å²) in [7, 11) is 0. The Morgan fingerprint density at radius 3 is 2.50 bits per heavy atom. The van der Waals surface area contributed by atoms with Gasteiger partial charge in [0.15, 0.2) is 0 Å². The van der Waals surface area contributed by atoms with Gasteiger partial charge in [-0.05, 0) is 54.8 Å². The van der Waals surface area contributed by atoms with Gasteiger partial charge in [-0.3, -0.25) is 0 Å². The topological polar surface area (TPSA) is 26.0 Å². The summed E-state index contributed by atoms with van der Waals surface area (Å²) in [4.78, 5) is 1.21. The van der Waals surface area contributed by atoms with Gasteiger partial charge in [0.2, 0.25) is 0 Å². The van der Waals surface area contributed by atoms with Gasteiger partial charge >= 0.3 is 0 Å². The molecular weight excluding hydrogens is 245 g/mol. The van der Waals surface area contributed by atoms with Crippen molar-refractivity contribution in [1.82, 2.24) is 0 Å². The van der Waals surface area contributed by atoms with Gasteiger partial charge in [-0.25, -0.2) is 4.39 Å². The van der Waals surface area contributed by atoms with Gasteiger partial charge in [-0.1, -0.05) is 12.1 Å². The first-order chi connectivity index (χ1) is 8.56. The molecule has 0 fully saturated rings. The second-order valence-corrected chi connectivity index (χ2v) is 5.43. The number of hydrogen-bond acceptors (Lipinski definition) is 2. The SMILES string of the molecule is Cc1ccc(SCc2ccc(F)cc2N)cc1C. The molecule has 1 nitrogen and oxygen atoms in total. The Balaban J connectivity index is 2.09. The maximum atomic E-state index is 12.9. The van der Waals surface area contributed by atoms with E-state index in [1.807, 2.05) is 0 Å². The van der Waals surface area contributed by atoms with Gasteiger partial charge in [0.25, 0.3) is 0 Å². The Bertz CT molecular complexity index is 566. The fourth-order valence-corrected chi connectivity index (χ4v) is 2.67. The molecule has 2 aromatic carbocycles. The minimum absolute atomic E-state index is 0.285. The number of hydrogen-bond donors (Lipinski definition) is 1. The molecule has 0 radical (unpaired) electrons. The predicted molar refractivity (Wildman–Crippen MR) is 76.3 cm³/mol. The lowest BCUT2D eigenvalue weighted by Gasteiger charge is -2.07. The lowest BCUT2D eigenvalue weighted by Crippen LogP contribution is -1.93. The van der Waals surface area contributed by atoms with E-state index in [-0.39, 0.29) is 5.82 Å². The van der Waals surface area contributed by atoms with Crippen LogP contribution in [0.3, 0.4) is 0 Å². The number of thioether (sulfide) groups is 1. The molecule has 0 aliphatic rings. The lowest BCUT2D eigenvalue weighted by atomic mass is 10.1. The van der Waals surface area contributed by atoms with Crippen molar-refractivity contribution >= 4 is 17.4 Å². The monoisotopic (exact) mass is 261 g/mol. The third kappa shape index (κ3) is 3.05. The van der Waals surface area contributed by atoms with Gasteiger partial charge in [0.05, 0.1) is 0 Å². The molecule has 0 unspecified atom stereocenters. The van der Waals surface area contributed by atoms with E-state index in [1.54, 1.807) is 17.8 Å². The van der Waals surface area contributed by atoms with Crippen LogP contribution in [0.15, 0.2) is 41.3 Å². The summed E-state index contributed by atoms with van der Waals surface area (Å²) in [6, 6.07) is 11.0. The summed E-state index contributed by atoms with van der Waals surface area (Å²) in [5.74, 6) is 0.474. The molecule has 0 bridgehead atoms. The molecule has 3 heteroatoms. The Morgan fingerprint density at radius 2 is 1.83 bits per heavy atom. The van der Waals surface area contributed by atoms with Crippen LogP contribution in [0.25, 0.3) is 0 Å². The second kappa shape index (κ2) is 5.44. The first kappa shape index (κ1) is 13.0. The summed E-state index contributed by atoms with van der Waals surface area (Å²) in [5.41, 5.74) is 9.85. The number of anilines is 1. The number of nitrogen functional groups attached to an aromatic ring is 1. The lowest BCUT2D eigenvalue weighted by molar-refractivity contribution is 0.628. The summed E-state index contributed by atoms with van der Waals surface area (Å²) in [6.07, 6.45) is 0. The maximum Gasteiger partial charge on any atom is 0.125 e. The van der Waals surface area contributed by atoms with E-state index in [0.717, 1.165) is 11.3 Å². The van der Waals surface area contributed by atoms with Crippen molar-refractivity contribution in [2.75, 3.05) is 5.73 Å². The highest BCUT2D eigenvalue weighted by Gasteiger charge is 2.03. The normalized spacial score (nSPS) is 10.6. The zero-order valence-electron chi connectivity index (χ0n) is 10.5. The number of aryl methyl sites for hydroxylation is 2. The van der Waals surface area contributed by atoms with Crippen molar-refractivity contribution in [3.05, 3.63) is 58.9 Å². The van der Waals surface area contributed by atoms with Crippen molar-refractivity contribution in [2.45, 2.75) is 24.5 Å². The van der Waals surface area contributed by atoms with E-state index >= 15 is 0 Å². The Kier molecular flexibility index (Phi) is 3.92. The highest BCUT2D eigenvalue weighted by molar-refractivity contribution is 7.98. The molecule has 0 amide bonds. The van der Waals surface area contributed by atoms with Gasteiger partial charge in [0, 0.05) is 16.3 Å². The first-order valence-corrected chi connectivity index (χ1v) is 6.79. The number of rotatable bonds is 3. The van der Waals surface area contributed by atoms with E-state index < -0.39 is 0 Å². The molecule has 18 heavy (non-hydrogen) atoms. The van der Waals surface area contributed by atoms with Crippen LogP contribution in [0.2, 0.25) is 0 Å². The van der Waals surface area contributed by atoms with Crippen LogP contribution in [0.1, 0.15) is 16.7 Å². The average molecular weight is 261 g/mol. The highest BCUT2D eigenvalue weighted by Crippen LogP contribution is 2.27. The van der Waals surface area contributed by atoms with Crippen LogP contribution in [-0.2, 0) is 5.75 Å². The van der Waals surface area contributed by atoms with Gasteiger partial charge in [-0.15, -0.1) is 11.8 Å². The summed E-state index contributed by atoms with van der Waals surface area (Å²) >= 11 is 1.71. The highest BCUT2D eigenvalue weighted by atomic mass is 32.2. The standard InChI is InChI=1S/C15H16FNS/c1-10-3-6-14(7-11(10)2)18-9-12-4-5-13(16)8-15(12)17/h3-8H,9,17H2,1-2H3. The van der Waals surface area contributed by atoms with E-state index in [1.165, 1.54) is 28.2 Å². The molecule has 94 valence electrons. The quantitative estimate of drug-likeness (QED) is 0.658. The number of nitrogens with two attached hydrogens (primary N) is 1. The van der Waals surface area contributed by atoms with Crippen molar-refractivity contribution in [2.24, 2.45) is 0 Å².